The molecule has 0 aliphatic carbocycles. The van der Waals surface area contributed by atoms with Crippen LogP contribution in [-0.4, -0.2) is 30.9 Å². The number of ether oxygens (including phenoxy) is 2. The molecular formula is C17H17ClFN3O2. The zero-order valence-corrected chi connectivity index (χ0v) is 13.7. The summed E-state index contributed by atoms with van der Waals surface area (Å²) in [4.78, 5) is 5.92. The number of hydrogen-bond acceptors (Lipinski definition) is 5. The lowest BCUT2D eigenvalue weighted by molar-refractivity contribution is 0.174. The highest BCUT2D eigenvalue weighted by molar-refractivity contribution is 6.31. The molecule has 1 aromatic carbocycles. The van der Waals surface area contributed by atoms with Crippen molar-refractivity contribution in [1.82, 2.24) is 10.3 Å². The van der Waals surface area contributed by atoms with E-state index in [2.05, 4.69) is 15.2 Å². The summed E-state index contributed by atoms with van der Waals surface area (Å²) in [6, 6.07) is 7.22. The number of anilines is 1. The monoisotopic (exact) mass is 349 g/mol. The molecule has 7 heteroatoms. The third kappa shape index (κ3) is 3.12. The first-order valence-electron chi connectivity index (χ1n) is 7.87. The Kier molecular flexibility index (Phi) is 4.16. The van der Waals surface area contributed by atoms with Crippen molar-refractivity contribution in [2.45, 2.75) is 19.0 Å². The van der Waals surface area contributed by atoms with Gasteiger partial charge in [-0.1, -0.05) is 11.6 Å². The molecule has 3 heterocycles. The van der Waals surface area contributed by atoms with Crippen LogP contribution in [0.1, 0.15) is 12.0 Å². The Balaban J connectivity index is 1.36. The molecule has 0 bridgehead atoms. The number of pyridine rings is 1. The number of nitrogens with zero attached hydrogens (tertiary/aromatic N) is 2. The first-order chi connectivity index (χ1) is 11.7. The summed E-state index contributed by atoms with van der Waals surface area (Å²) in [5.74, 6) is 0.978. The zero-order chi connectivity index (χ0) is 16.5. The van der Waals surface area contributed by atoms with Gasteiger partial charge in [0.25, 0.3) is 0 Å². The summed E-state index contributed by atoms with van der Waals surface area (Å²) in [5, 5.41) is 4.19. The second-order valence-electron chi connectivity index (χ2n) is 5.95. The number of aromatic nitrogens is 1. The average Bonchev–Trinajstić information content (AvgIpc) is 3.22. The molecule has 1 atom stereocenters. The second-order valence-corrected chi connectivity index (χ2v) is 6.36. The zero-order valence-electron chi connectivity index (χ0n) is 13.0. The summed E-state index contributed by atoms with van der Waals surface area (Å²) >= 11 is 6.30. The Bertz CT molecular complexity index is 741. The van der Waals surface area contributed by atoms with Crippen LogP contribution in [0.2, 0.25) is 5.02 Å². The van der Waals surface area contributed by atoms with Gasteiger partial charge in [0.1, 0.15) is 0 Å². The molecule has 1 unspecified atom stereocenters. The van der Waals surface area contributed by atoms with Crippen molar-refractivity contribution < 1.29 is 13.9 Å². The minimum absolute atomic E-state index is 0.242. The minimum Gasteiger partial charge on any atom is -0.454 e. The molecule has 24 heavy (non-hydrogen) atoms. The third-order valence-electron chi connectivity index (χ3n) is 4.39. The van der Waals surface area contributed by atoms with Crippen LogP contribution in [0.25, 0.3) is 0 Å². The van der Waals surface area contributed by atoms with Gasteiger partial charge in [-0.05, 0) is 30.2 Å². The van der Waals surface area contributed by atoms with Gasteiger partial charge in [0.2, 0.25) is 12.7 Å². The van der Waals surface area contributed by atoms with Gasteiger partial charge in [-0.25, -0.2) is 4.98 Å². The predicted octanol–water partition coefficient (Wildman–Crippen LogP) is 2.97. The molecule has 2 aliphatic rings. The first kappa shape index (κ1) is 15.5. The Morgan fingerprint density at radius 3 is 2.92 bits per heavy atom. The fraction of sp³-hybridized carbons (Fsp3) is 0.353. The van der Waals surface area contributed by atoms with Crippen LogP contribution >= 0.6 is 11.6 Å². The second kappa shape index (κ2) is 6.45. The van der Waals surface area contributed by atoms with Crippen molar-refractivity contribution in [2.24, 2.45) is 0 Å². The number of rotatable bonds is 4. The van der Waals surface area contributed by atoms with E-state index in [-0.39, 0.29) is 6.79 Å². The van der Waals surface area contributed by atoms with Crippen LogP contribution in [-0.2, 0) is 6.54 Å². The maximum absolute atomic E-state index is 12.9. The molecule has 1 saturated heterocycles. The summed E-state index contributed by atoms with van der Waals surface area (Å²) in [7, 11) is 0. The maximum atomic E-state index is 12.9. The van der Waals surface area contributed by atoms with Gasteiger partial charge in [-0.3, -0.25) is 0 Å². The lowest BCUT2D eigenvalue weighted by atomic mass is 10.1. The smallest absolute Gasteiger partial charge is 0.231 e. The van der Waals surface area contributed by atoms with Crippen LogP contribution < -0.4 is 19.7 Å². The molecule has 1 fully saturated rings. The van der Waals surface area contributed by atoms with Gasteiger partial charge in [0.15, 0.2) is 11.5 Å². The largest absolute Gasteiger partial charge is 0.454 e. The summed E-state index contributed by atoms with van der Waals surface area (Å²) in [6.45, 7) is 2.68. The lowest BCUT2D eigenvalue weighted by Crippen LogP contribution is -2.32. The molecule has 2 aliphatic heterocycles. The van der Waals surface area contributed by atoms with E-state index in [0.717, 1.165) is 36.5 Å². The molecule has 5 nitrogen and oxygen atoms in total. The number of fused-ring (bicyclic) bond motifs is 1. The normalized spacial score (nSPS) is 19.1. The summed E-state index contributed by atoms with van der Waals surface area (Å²) in [5.41, 5.74) is 1.93. The lowest BCUT2D eigenvalue weighted by Gasteiger charge is -2.19. The molecule has 4 rings (SSSR count). The number of nitrogens with one attached hydrogen (secondary N) is 1. The van der Waals surface area contributed by atoms with E-state index in [0.29, 0.717) is 23.4 Å². The SMILES string of the molecule is Fc1ccc(N2CCC(NCc3cc4c(cc3Cl)OCO4)C2)cn1. The van der Waals surface area contributed by atoms with Crippen molar-refractivity contribution in [1.29, 1.82) is 0 Å². The fourth-order valence-electron chi connectivity index (χ4n) is 3.07. The van der Waals surface area contributed by atoms with Crippen LogP contribution in [0, 0.1) is 5.95 Å². The Morgan fingerprint density at radius 2 is 2.12 bits per heavy atom. The van der Waals surface area contributed by atoms with E-state index in [9.17, 15) is 4.39 Å². The van der Waals surface area contributed by atoms with Crippen molar-refractivity contribution in [3.8, 4) is 11.5 Å². The van der Waals surface area contributed by atoms with Crippen LogP contribution in [0.3, 0.4) is 0 Å². The predicted molar refractivity (Wildman–Crippen MR) is 89.2 cm³/mol. The number of hydrogen-bond donors (Lipinski definition) is 1. The van der Waals surface area contributed by atoms with Crippen LogP contribution in [0.15, 0.2) is 30.5 Å². The molecular weight excluding hydrogens is 333 g/mol. The average molecular weight is 350 g/mol. The van der Waals surface area contributed by atoms with Gasteiger partial charge < -0.3 is 19.7 Å². The van der Waals surface area contributed by atoms with E-state index in [1.54, 1.807) is 18.3 Å². The minimum atomic E-state index is -0.454. The fourth-order valence-corrected chi connectivity index (χ4v) is 3.29. The van der Waals surface area contributed by atoms with E-state index >= 15 is 0 Å². The van der Waals surface area contributed by atoms with Crippen molar-refractivity contribution >= 4 is 17.3 Å². The van der Waals surface area contributed by atoms with E-state index in [4.69, 9.17) is 21.1 Å². The molecule has 0 amide bonds. The van der Waals surface area contributed by atoms with Gasteiger partial charge in [0.05, 0.1) is 11.9 Å². The highest BCUT2D eigenvalue weighted by atomic mass is 35.5. The van der Waals surface area contributed by atoms with Crippen LogP contribution in [0.4, 0.5) is 10.1 Å². The van der Waals surface area contributed by atoms with Gasteiger partial charge in [-0.15, -0.1) is 0 Å². The Hall–Kier alpha value is -2.05. The standard InChI is InChI=1S/C17H17ClFN3O2/c18-14-6-16-15(23-10-24-16)5-11(14)7-20-12-3-4-22(9-12)13-1-2-17(19)21-8-13/h1-2,5-6,8,12,20H,3-4,7,9-10H2. The maximum Gasteiger partial charge on any atom is 0.231 e. The van der Waals surface area contributed by atoms with E-state index < -0.39 is 5.95 Å². The highest BCUT2D eigenvalue weighted by Gasteiger charge is 2.23. The highest BCUT2D eigenvalue weighted by Crippen LogP contribution is 2.36. The molecule has 1 N–H and O–H groups in total. The van der Waals surface area contributed by atoms with E-state index in [1.165, 1.54) is 6.07 Å². The van der Waals surface area contributed by atoms with Crippen molar-refractivity contribution in [2.75, 3.05) is 24.8 Å². The molecule has 0 radical (unpaired) electrons. The molecule has 0 saturated carbocycles. The van der Waals surface area contributed by atoms with Crippen molar-refractivity contribution in [3.05, 3.63) is 47.0 Å². The van der Waals surface area contributed by atoms with Crippen LogP contribution in [0.5, 0.6) is 11.5 Å². The summed E-state index contributed by atoms with van der Waals surface area (Å²) < 4.78 is 23.6. The van der Waals surface area contributed by atoms with Gasteiger partial charge in [0, 0.05) is 36.8 Å². The molecule has 126 valence electrons. The third-order valence-corrected chi connectivity index (χ3v) is 4.74. The number of benzene rings is 1. The Labute approximate surface area is 144 Å². The number of halogens is 2. The quantitative estimate of drug-likeness (QED) is 0.860. The van der Waals surface area contributed by atoms with Gasteiger partial charge >= 0.3 is 0 Å². The first-order valence-corrected chi connectivity index (χ1v) is 8.25. The molecule has 1 aromatic heterocycles. The van der Waals surface area contributed by atoms with E-state index in [1.807, 2.05) is 6.07 Å². The molecule has 2 aromatic rings. The summed E-state index contributed by atoms with van der Waals surface area (Å²) in [6.07, 6.45) is 2.59. The molecule has 0 spiro atoms. The van der Waals surface area contributed by atoms with Gasteiger partial charge in [-0.2, -0.15) is 4.39 Å². The van der Waals surface area contributed by atoms with Crippen molar-refractivity contribution in [3.63, 3.8) is 0 Å². The topological polar surface area (TPSA) is 46.6 Å². The Morgan fingerprint density at radius 1 is 1.29 bits per heavy atom.